The summed E-state index contributed by atoms with van der Waals surface area (Å²) in [5, 5.41) is 2.64. The second-order valence-electron chi connectivity index (χ2n) is 15.8. The molecule has 4 aromatic rings. The number of para-hydroxylation sites is 1. The van der Waals surface area contributed by atoms with Gasteiger partial charge in [-0.25, -0.2) is 0 Å². The van der Waals surface area contributed by atoms with E-state index in [1.807, 2.05) is 0 Å². The third-order valence-electron chi connectivity index (χ3n) is 11.8. The molecule has 3 heteroatoms. The van der Waals surface area contributed by atoms with Crippen LogP contribution in [0.25, 0.3) is 16.8 Å². The van der Waals surface area contributed by atoms with Crippen LogP contribution in [0.1, 0.15) is 88.5 Å². The van der Waals surface area contributed by atoms with Crippen molar-refractivity contribution >= 4 is 33.9 Å². The zero-order valence-corrected chi connectivity index (χ0v) is 31.2. The van der Waals surface area contributed by atoms with Crippen LogP contribution in [-0.4, -0.2) is 24.4 Å². The van der Waals surface area contributed by atoms with Crippen molar-refractivity contribution in [2.45, 2.75) is 83.5 Å². The second kappa shape index (κ2) is 13.0. The van der Waals surface area contributed by atoms with Gasteiger partial charge in [0, 0.05) is 41.6 Å². The topological polar surface area (TPSA) is 15.5 Å². The summed E-state index contributed by atoms with van der Waals surface area (Å²) in [6.45, 7) is 9.53. The molecule has 0 fully saturated rings. The molecular weight excluding hydrogens is 621 g/mol. The van der Waals surface area contributed by atoms with E-state index in [0.717, 1.165) is 56.5 Å². The van der Waals surface area contributed by atoms with E-state index in [9.17, 15) is 0 Å². The number of likely N-dealkylation sites (N-methyl/N-ethyl adjacent to an activating group) is 1. The molecule has 0 saturated carbocycles. The highest BCUT2D eigenvalue weighted by Gasteiger charge is 2.44. The van der Waals surface area contributed by atoms with Gasteiger partial charge in [0.2, 0.25) is 5.69 Å². The van der Waals surface area contributed by atoms with Crippen molar-refractivity contribution in [1.29, 1.82) is 0 Å². The molecular formula is C48H51N2O+. The number of rotatable bonds is 7. The molecule has 0 N–H and O–H groups in total. The van der Waals surface area contributed by atoms with Crippen LogP contribution in [0, 0.1) is 0 Å². The highest BCUT2D eigenvalue weighted by atomic mass is 16.5. The Balaban J connectivity index is 1.09. The van der Waals surface area contributed by atoms with E-state index in [-0.39, 0.29) is 10.8 Å². The third kappa shape index (κ3) is 5.72. The van der Waals surface area contributed by atoms with Crippen LogP contribution < -0.4 is 9.64 Å². The lowest BCUT2D eigenvalue weighted by Gasteiger charge is -2.26. The van der Waals surface area contributed by atoms with E-state index < -0.39 is 0 Å². The number of hydrogen-bond acceptors (Lipinski definition) is 2. The minimum absolute atomic E-state index is 0.0284. The van der Waals surface area contributed by atoms with Gasteiger partial charge < -0.3 is 9.64 Å². The first-order valence-corrected chi connectivity index (χ1v) is 18.9. The summed E-state index contributed by atoms with van der Waals surface area (Å²) >= 11 is 0. The van der Waals surface area contributed by atoms with E-state index in [1.165, 1.54) is 67.0 Å². The monoisotopic (exact) mass is 671 g/mol. The van der Waals surface area contributed by atoms with Gasteiger partial charge in [0.25, 0.3) is 0 Å². The number of anilines is 1. The molecule has 0 unspecified atom stereocenters. The highest BCUT2D eigenvalue weighted by molar-refractivity contribution is 6.07. The predicted octanol–water partition coefficient (Wildman–Crippen LogP) is 11.9. The minimum atomic E-state index is -0.125. The molecule has 8 rings (SSSR count). The number of fused-ring (bicyclic) bond motifs is 6. The molecule has 0 amide bonds. The van der Waals surface area contributed by atoms with Gasteiger partial charge in [-0.2, -0.15) is 4.58 Å². The normalized spacial score (nSPS) is 20.5. The summed E-state index contributed by atoms with van der Waals surface area (Å²) in [6.07, 6.45) is 21.7. The lowest BCUT2D eigenvalue weighted by Crippen LogP contribution is -2.27. The Morgan fingerprint density at radius 3 is 2.41 bits per heavy atom. The van der Waals surface area contributed by atoms with Crippen LogP contribution in [0.2, 0.25) is 0 Å². The van der Waals surface area contributed by atoms with Crippen LogP contribution in [0.3, 0.4) is 0 Å². The number of unbranched alkanes of at least 4 members (excludes halogenated alkanes) is 1. The highest BCUT2D eigenvalue weighted by Crippen LogP contribution is 2.50. The zero-order chi connectivity index (χ0) is 35.3. The average Bonchev–Trinajstić information content (AvgIpc) is 3.46. The van der Waals surface area contributed by atoms with Crippen LogP contribution in [0.15, 0.2) is 132 Å². The summed E-state index contributed by atoms with van der Waals surface area (Å²) < 4.78 is 9.16. The van der Waals surface area contributed by atoms with Crippen molar-refractivity contribution < 1.29 is 9.31 Å². The summed E-state index contributed by atoms with van der Waals surface area (Å²) in [4.78, 5) is 2.43. The maximum atomic E-state index is 6.78. The molecule has 0 radical (unpaired) electrons. The first-order valence-electron chi connectivity index (χ1n) is 18.9. The van der Waals surface area contributed by atoms with Gasteiger partial charge in [-0.15, -0.1) is 0 Å². The SMILES string of the molecule is CN1/C(=C/CC/C=C2\CCCC(/C=C/C3=[N+](C)c4ccc5ccccc5c4C3(C)C)=C2Oc2ccccc2)C(C)(C)c2c1ccc1c2C=CCC1. The molecule has 3 nitrogen and oxygen atoms in total. The molecule has 0 saturated heterocycles. The number of aryl methyl sites for hydroxylation is 1. The first-order chi connectivity index (χ1) is 24.7. The van der Waals surface area contributed by atoms with Gasteiger partial charge in [0.05, 0.1) is 5.41 Å². The zero-order valence-electron chi connectivity index (χ0n) is 31.2. The van der Waals surface area contributed by atoms with Crippen molar-refractivity contribution in [3.8, 4) is 5.75 Å². The van der Waals surface area contributed by atoms with Crippen LogP contribution in [0.5, 0.6) is 5.75 Å². The smallest absolute Gasteiger partial charge is 0.210 e. The number of benzene rings is 4. The Kier molecular flexibility index (Phi) is 8.49. The first kappa shape index (κ1) is 33.3. The number of nitrogens with zero attached hydrogens (tertiary/aromatic N) is 2. The van der Waals surface area contributed by atoms with Gasteiger partial charge in [0.1, 0.15) is 18.6 Å². The van der Waals surface area contributed by atoms with E-state index in [0.29, 0.717) is 0 Å². The maximum Gasteiger partial charge on any atom is 0.210 e. The standard InChI is InChI=1S/C48H51N2O/c1-47(2)42(49(5)40-30-27-33-17-10-13-24-38(33)44(40)47)26-15-12-19-35-20-16-21-36(46(35)51-37-22-8-7-9-23-37)29-32-43-48(3,4)45-39-25-14-11-18-34(39)28-31-41(45)50(43)6/h7-9,11,13-14,18-19,22-32H,10,12,15-17,20-21H2,1-6H3/q+1/b32-29+,35-19+,42-26+. The molecule has 258 valence electrons. The molecule has 2 aliphatic heterocycles. The van der Waals surface area contributed by atoms with Crippen molar-refractivity contribution in [2.24, 2.45) is 0 Å². The molecule has 2 heterocycles. The van der Waals surface area contributed by atoms with Crippen LogP contribution in [-0.2, 0) is 17.3 Å². The molecule has 0 spiro atoms. The fourth-order valence-electron chi connectivity index (χ4n) is 9.35. The Morgan fingerprint density at radius 1 is 0.784 bits per heavy atom. The van der Waals surface area contributed by atoms with E-state index in [2.05, 4.69) is 167 Å². The Bertz CT molecular complexity index is 2220. The lowest BCUT2D eigenvalue weighted by atomic mass is 9.78. The van der Waals surface area contributed by atoms with Gasteiger partial charge in [0.15, 0.2) is 5.71 Å². The molecule has 0 atom stereocenters. The molecule has 4 aromatic carbocycles. The Morgan fingerprint density at radius 2 is 1.57 bits per heavy atom. The van der Waals surface area contributed by atoms with Gasteiger partial charge in [-0.3, -0.25) is 0 Å². The summed E-state index contributed by atoms with van der Waals surface area (Å²) in [5.41, 5.74) is 13.6. The van der Waals surface area contributed by atoms with Crippen molar-refractivity contribution in [1.82, 2.24) is 0 Å². The summed E-state index contributed by atoms with van der Waals surface area (Å²) in [5.74, 6) is 1.92. The molecule has 0 aromatic heterocycles. The average molecular weight is 672 g/mol. The van der Waals surface area contributed by atoms with E-state index >= 15 is 0 Å². The fourth-order valence-corrected chi connectivity index (χ4v) is 9.35. The molecule has 2 aliphatic carbocycles. The number of allylic oxidation sites excluding steroid dienone is 8. The van der Waals surface area contributed by atoms with Crippen LogP contribution in [0.4, 0.5) is 11.4 Å². The second-order valence-corrected chi connectivity index (χ2v) is 15.8. The Labute approximate surface area is 304 Å². The van der Waals surface area contributed by atoms with E-state index in [4.69, 9.17) is 4.74 Å². The largest absolute Gasteiger partial charge is 0.457 e. The van der Waals surface area contributed by atoms with Crippen LogP contribution >= 0.6 is 0 Å². The third-order valence-corrected chi connectivity index (χ3v) is 11.8. The number of ether oxygens (including phenoxy) is 1. The van der Waals surface area contributed by atoms with Crippen molar-refractivity contribution in [2.75, 3.05) is 19.0 Å². The molecule has 51 heavy (non-hydrogen) atoms. The minimum Gasteiger partial charge on any atom is -0.457 e. The summed E-state index contributed by atoms with van der Waals surface area (Å²) in [6, 6.07) is 28.3. The van der Waals surface area contributed by atoms with Crippen molar-refractivity contribution in [3.05, 3.63) is 154 Å². The number of hydrogen-bond donors (Lipinski definition) is 0. The van der Waals surface area contributed by atoms with E-state index in [1.54, 1.807) is 0 Å². The van der Waals surface area contributed by atoms with Crippen molar-refractivity contribution in [3.63, 3.8) is 0 Å². The van der Waals surface area contributed by atoms with Gasteiger partial charge in [-0.05, 0) is 128 Å². The van der Waals surface area contributed by atoms with Gasteiger partial charge in [-0.1, -0.05) is 86.7 Å². The molecule has 4 aliphatic rings. The maximum absolute atomic E-state index is 6.78. The Hall–Kier alpha value is -4.89. The summed E-state index contributed by atoms with van der Waals surface area (Å²) in [7, 11) is 4.46. The fraction of sp³-hybridized carbons (Fsp3) is 0.312. The molecule has 0 bridgehead atoms. The van der Waals surface area contributed by atoms with Gasteiger partial charge >= 0.3 is 0 Å². The predicted molar refractivity (Wildman–Crippen MR) is 216 cm³/mol. The lowest BCUT2D eigenvalue weighted by molar-refractivity contribution is -0.401. The quantitative estimate of drug-likeness (QED) is 0.144.